The van der Waals surface area contributed by atoms with Crippen LogP contribution < -0.4 is 10.6 Å². The molecule has 1 amide bonds. The summed E-state index contributed by atoms with van der Waals surface area (Å²) in [6.45, 7) is 5.90. The molecule has 2 N–H and O–H groups in total. The average molecular weight is 498 g/mol. The van der Waals surface area contributed by atoms with Crippen molar-refractivity contribution >= 4 is 34.2 Å². The van der Waals surface area contributed by atoms with Gasteiger partial charge in [-0.05, 0) is 56.5 Å². The smallest absolute Gasteiger partial charge is 0.256 e. The third-order valence-electron chi connectivity index (χ3n) is 6.44. The summed E-state index contributed by atoms with van der Waals surface area (Å²) in [4.78, 5) is 14.8. The summed E-state index contributed by atoms with van der Waals surface area (Å²) in [6.07, 6.45) is 1.97. The third-order valence-corrected chi connectivity index (χ3v) is 7.55. The van der Waals surface area contributed by atoms with Gasteiger partial charge in [0.25, 0.3) is 5.91 Å². The van der Waals surface area contributed by atoms with E-state index in [4.69, 9.17) is 5.26 Å². The first-order chi connectivity index (χ1) is 17.3. The van der Waals surface area contributed by atoms with E-state index in [1.165, 1.54) is 6.07 Å². The zero-order valence-corrected chi connectivity index (χ0v) is 20.9. The number of aromatic nitrogens is 2. The molecule has 1 atom stereocenters. The standard InChI is InChI=1S/C28H24FN5OS/c1-17-26(18(2)34(33-17)16-20-11-10-19(15-30)13-23(20)29)31-27(35)22-14-28(3,25-9-6-12-36-25)32-24-8-5-4-7-21(22)24/h4-14,32H,16H2,1-3H3,(H,31,35). The van der Waals surface area contributed by atoms with Crippen LogP contribution in [0, 0.1) is 31.0 Å². The molecule has 180 valence electrons. The van der Waals surface area contributed by atoms with Crippen LogP contribution in [0.3, 0.4) is 0 Å². The molecule has 0 bridgehead atoms. The van der Waals surface area contributed by atoms with Crippen LogP contribution in [-0.4, -0.2) is 15.7 Å². The van der Waals surface area contributed by atoms with E-state index in [2.05, 4.69) is 28.7 Å². The van der Waals surface area contributed by atoms with Gasteiger partial charge in [-0.15, -0.1) is 11.3 Å². The number of carbonyl (C=O) groups is 1. The summed E-state index contributed by atoms with van der Waals surface area (Å²) in [6, 6.07) is 18.1. The normalized spacial score (nSPS) is 16.5. The second kappa shape index (κ2) is 9.10. The first-order valence-corrected chi connectivity index (χ1v) is 12.4. The second-order valence-electron chi connectivity index (χ2n) is 8.98. The van der Waals surface area contributed by atoms with Gasteiger partial charge >= 0.3 is 0 Å². The largest absolute Gasteiger partial charge is 0.371 e. The summed E-state index contributed by atoms with van der Waals surface area (Å²) in [5.74, 6) is -0.696. The summed E-state index contributed by atoms with van der Waals surface area (Å²) in [5, 5.41) is 22.2. The van der Waals surface area contributed by atoms with Crippen LogP contribution in [0.2, 0.25) is 0 Å². The topological polar surface area (TPSA) is 82.7 Å². The first-order valence-electron chi connectivity index (χ1n) is 11.5. The van der Waals surface area contributed by atoms with Gasteiger partial charge in [-0.3, -0.25) is 9.48 Å². The van der Waals surface area contributed by atoms with Gasteiger partial charge in [0.2, 0.25) is 0 Å². The van der Waals surface area contributed by atoms with Crippen LogP contribution in [0.15, 0.2) is 66.1 Å². The predicted octanol–water partition coefficient (Wildman–Crippen LogP) is 5.98. The van der Waals surface area contributed by atoms with Gasteiger partial charge in [0.05, 0.1) is 40.8 Å². The van der Waals surface area contributed by atoms with E-state index in [-0.39, 0.29) is 18.0 Å². The second-order valence-corrected chi connectivity index (χ2v) is 9.93. The molecule has 36 heavy (non-hydrogen) atoms. The van der Waals surface area contributed by atoms with Gasteiger partial charge in [-0.2, -0.15) is 10.4 Å². The first kappa shape index (κ1) is 23.5. The number of rotatable bonds is 5. The Labute approximate surface area is 212 Å². The highest BCUT2D eigenvalue weighted by Crippen LogP contribution is 2.41. The number of amides is 1. The maximum Gasteiger partial charge on any atom is 0.256 e. The molecular weight excluding hydrogens is 473 g/mol. The Balaban J connectivity index is 1.46. The number of para-hydroxylation sites is 1. The molecule has 0 saturated carbocycles. The summed E-state index contributed by atoms with van der Waals surface area (Å²) in [5.41, 5.74) is 4.40. The van der Waals surface area contributed by atoms with Crippen molar-refractivity contribution in [1.29, 1.82) is 5.26 Å². The molecule has 2 aromatic carbocycles. The Bertz CT molecular complexity index is 1550. The van der Waals surface area contributed by atoms with Crippen molar-refractivity contribution in [3.8, 4) is 6.07 Å². The van der Waals surface area contributed by atoms with Crippen LogP contribution in [0.4, 0.5) is 15.8 Å². The molecule has 0 fully saturated rings. The molecule has 1 unspecified atom stereocenters. The minimum Gasteiger partial charge on any atom is -0.371 e. The Hall–Kier alpha value is -4.22. The quantitative estimate of drug-likeness (QED) is 0.355. The highest BCUT2D eigenvalue weighted by atomic mass is 32.1. The van der Waals surface area contributed by atoms with E-state index in [1.54, 1.807) is 28.2 Å². The summed E-state index contributed by atoms with van der Waals surface area (Å²) < 4.78 is 16.1. The average Bonchev–Trinajstić information content (AvgIpc) is 3.50. The Kier molecular flexibility index (Phi) is 5.94. The van der Waals surface area contributed by atoms with Crippen molar-refractivity contribution in [2.24, 2.45) is 0 Å². The van der Waals surface area contributed by atoms with E-state index in [0.29, 0.717) is 28.2 Å². The lowest BCUT2D eigenvalue weighted by molar-refractivity contribution is -0.111. The molecule has 3 heterocycles. The molecule has 0 spiro atoms. The van der Waals surface area contributed by atoms with Crippen LogP contribution in [-0.2, 0) is 16.9 Å². The number of hydrogen-bond acceptors (Lipinski definition) is 5. The van der Waals surface area contributed by atoms with Crippen molar-refractivity contribution < 1.29 is 9.18 Å². The van der Waals surface area contributed by atoms with Gasteiger partial charge in [-0.25, -0.2) is 4.39 Å². The van der Waals surface area contributed by atoms with Crippen LogP contribution in [0.25, 0.3) is 5.57 Å². The third kappa shape index (κ3) is 4.18. The SMILES string of the molecule is Cc1nn(Cc2ccc(C#N)cc2F)c(C)c1NC(=O)C1=CC(C)(c2cccs2)Nc2ccccc21. The van der Waals surface area contributed by atoms with Crippen molar-refractivity contribution in [3.05, 3.63) is 105 Å². The molecule has 4 aromatic rings. The molecule has 1 aliphatic heterocycles. The minimum absolute atomic E-state index is 0.186. The maximum atomic E-state index is 14.5. The molecule has 2 aromatic heterocycles. The highest BCUT2D eigenvalue weighted by Gasteiger charge is 2.33. The number of halogens is 1. The fourth-order valence-electron chi connectivity index (χ4n) is 4.52. The lowest BCUT2D eigenvalue weighted by Crippen LogP contribution is -2.34. The minimum atomic E-state index is -0.531. The van der Waals surface area contributed by atoms with Gasteiger partial charge in [0, 0.05) is 27.3 Å². The number of fused-ring (bicyclic) bond motifs is 1. The molecular formula is C28H24FN5OS. The maximum absolute atomic E-state index is 14.5. The molecule has 1 aliphatic rings. The van der Waals surface area contributed by atoms with Crippen LogP contribution in [0.5, 0.6) is 0 Å². The van der Waals surface area contributed by atoms with Crippen LogP contribution in [0.1, 0.15) is 39.9 Å². The van der Waals surface area contributed by atoms with Crippen molar-refractivity contribution in [3.63, 3.8) is 0 Å². The number of thiophene rings is 1. The molecule has 0 aliphatic carbocycles. The van der Waals surface area contributed by atoms with Crippen molar-refractivity contribution in [2.45, 2.75) is 32.9 Å². The monoisotopic (exact) mass is 497 g/mol. The fourth-order valence-corrected chi connectivity index (χ4v) is 5.34. The molecule has 6 nitrogen and oxygen atoms in total. The summed E-state index contributed by atoms with van der Waals surface area (Å²) in [7, 11) is 0. The van der Waals surface area contributed by atoms with Crippen molar-refractivity contribution in [1.82, 2.24) is 9.78 Å². The van der Waals surface area contributed by atoms with E-state index in [9.17, 15) is 9.18 Å². The van der Waals surface area contributed by atoms with E-state index in [1.807, 2.05) is 61.7 Å². The van der Waals surface area contributed by atoms with Crippen LogP contribution >= 0.6 is 11.3 Å². The number of carbonyl (C=O) groups excluding carboxylic acids is 1. The fraction of sp³-hybridized carbons (Fsp3) is 0.179. The molecule has 0 radical (unpaired) electrons. The van der Waals surface area contributed by atoms with Gasteiger partial charge in [-0.1, -0.05) is 30.3 Å². The number of hydrogen-bond donors (Lipinski definition) is 2. The highest BCUT2D eigenvalue weighted by molar-refractivity contribution is 7.10. The zero-order valence-electron chi connectivity index (χ0n) is 20.1. The Morgan fingerprint density at radius 2 is 2.03 bits per heavy atom. The van der Waals surface area contributed by atoms with E-state index >= 15 is 0 Å². The number of aryl methyl sites for hydroxylation is 1. The van der Waals surface area contributed by atoms with Gasteiger partial charge < -0.3 is 10.6 Å². The number of nitriles is 1. The summed E-state index contributed by atoms with van der Waals surface area (Å²) >= 11 is 1.63. The number of nitrogens with zero attached hydrogens (tertiary/aromatic N) is 3. The number of anilines is 2. The Morgan fingerprint density at radius 1 is 1.22 bits per heavy atom. The lowest BCUT2D eigenvalue weighted by atomic mass is 9.87. The van der Waals surface area contributed by atoms with Gasteiger partial charge in [0.1, 0.15) is 5.82 Å². The van der Waals surface area contributed by atoms with E-state index in [0.717, 1.165) is 16.1 Å². The van der Waals surface area contributed by atoms with Crippen molar-refractivity contribution in [2.75, 3.05) is 10.6 Å². The number of benzene rings is 2. The molecule has 8 heteroatoms. The van der Waals surface area contributed by atoms with Gasteiger partial charge in [0.15, 0.2) is 0 Å². The molecule has 5 rings (SSSR count). The Morgan fingerprint density at radius 3 is 2.75 bits per heavy atom. The number of nitrogens with one attached hydrogen (secondary N) is 2. The molecule has 0 saturated heterocycles. The predicted molar refractivity (Wildman–Crippen MR) is 140 cm³/mol. The van der Waals surface area contributed by atoms with E-state index < -0.39 is 11.4 Å². The lowest BCUT2D eigenvalue weighted by Gasteiger charge is -2.34. The zero-order chi connectivity index (χ0) is 25.4.